The molecule has 0 saturated heterocycles. The number of fused-ring (bicyclic) bond motifs is 1. The number of nitrogens with zero attached hydrogens (tertiary/aromatic N) is 4. The summed E-state index contributed by atoms with van der Waals surface area (Å²) in [5, 5.41) is 10.5. The fraction of sp³-hybridized carbons (Fsp3) is 0.0556. The second-order valence-electron chi connectivity index (χ2n) is 5.90. The van der Waals surface area contributed by atoms with E-state index in [4.69, 9.17) is 28.9 Å². The van der Waals surface area contributed by atoms with E-state index in [-0.39, 0.29) is 11.4 Å². The first-order valence-electron chi connectivity index (χ1n) is 7.82. The first-order chi connectivity index (χ1) is 12.9. The van der Waals surface area contributed by atoms with E-state index in [0.29, 0.717) is 21.3 Å². The monoisotopic (exact) mass is 399 g/mol. The Morgan fingerprint density at radius 1 is 0.926 bits per heavy atom. The molecule has 1 unspecified atom stereocenters. The van der Waals surface area contributed by atoms with E-state index in [1.807, 2.05) is 6.07 Å². The maximum atomic E-state index is 13.1. The van der Waals surface area contributed by atoms with Crippen LogP contribution in [0.5, 0.6) is 0 Å². The van der Waals surface area contributed by atoms with Crippen molar-refractivity contribution in [1.82, 2.24) is 13.9 Å². The molecule has 0 aliphatic carbocycles. The fourth-order valence-electron chi connectivity index (χ4n) is 3.16. The van der Waals surface area contributed by atoms with Crippen LogP contribution in [-0.4, -0.2) is 13.9 Å². The second-order valence-corrected chi connectivity index (χ2v) is 6.77. The molecule has 7 nitrogen and oxygen atoms in total. The predicted octanol–water partition coefficient (Wildman–Crippen LogP) is 2.36. The van der Waals surface area contributed by atoms with E-state index in [9.17, 15) is 14.9 Å². The maximum Gasteiger partial charge on any atom is 0.358 e. The maximum absolute atomic E-state index is 13.1. The molecule has 2 N–H and O–H groups in total. The molecule has 0 fully saturated rings. The van der Waals surface area contributed by atoms with Gasteiger partial charge in [-0.1, -0.05) is 35.3 Å². The molecule has 1 aromatic heterocycles. The van der Waals surface area contributed by atoms with Crippen LogP contribution in [0.2, 0.25) is 10.0 Å². The van der Waals surface area contributed by atoms with E-state index >= 15 is 0 Å². The van der Waals surface area contributed by atoms with Crippen molar-refractivity contribution in [2.24, 2.45) is 5.73 Å². The Kier molecular flexibility index (Phi) is 3.95. The van der Waals surface area contributed by atoms with E-state index in [2.05, 4.69) is 0 Å². The summed E-state index contributed by atoms with van der Waals surface area (Å²) in [6.07, 6.45) is 0. The van der Waals surface area contributed by atoms with Crippen LogP contribution in [-0.2, 0) is 0 Å². The van der Waals surface area contributed by atoms with Gasteiger partial charge in [-0.05, 0) is 42.0 Å². The third-order valence-electron chi connectivity index (χ3n) is 4.39. The molecular formula is C18H11Cl2N5O2. The summed E-state index contributed by atoms with van der Waals surface area (Å²) in [6.45, 7) is 0. The Labute approximate surface area is 162 Å². The molecule has 0 saturated carbocycles. The van der Waals surface area contributed by atoms with Gasteiger partial charge in [0.25, 0.3) is 0 Å². The van der Waals surface area contributed by atoms with Gasteiger partial charge in [0.05, 0.1) is 5.69 Å². The van der Waals surface area contributed by atoms with Crippen LogP contribution in [0.1, 0.15) is 11.6 Å². The molecule has 0 radical (unpaired) electrons. The number of nitrogens with two attached hydrogens (primary N) is 1. The topological polar surface area (TPSA) is 98.7 Å². The number of nitriles is 1. The lowest BCUT2D eigenvalue weighted by Crippen LogP contribution is -2.30. The molecule has 1 aliphatic rings. The van der Waals surface area contributed by atoms with E-state index in [1.165, 1.54) is 4.68 Å². The number of hydrogen-bond donors (Lipinski definition) is 1. The zero-order valence-corrected chi connectivity index (χ0v) is 15.1. The van der Waals surface area contributed by atoms with Crippen LogP contribution in [0.15, 0.2) is 63.7 Å². The van der Waals surface area contributed by atoms with Crippen molar-refractivity contribution in [2.45, 2.75) is 6.04 Å². The Bertz CT molecular complexity index is 1240. The lowest BCUT2D eigenvalue weighted by molar-refractivity contribution is 0.554. The molecule has 0 amide bonds. The van der Waals surface area contributed by atoms with Crippen LogP contribution in [0.3, 0.4) is 0 Å². The summed E-state index contributed by atoms with van der Waals surface area (Å²) in [5.74, 6) is -0.0766. The lowest BCUT2D eigenvalue weighted by atomic mass is 10.0. The van der Waals surface area contributed by atoms with Gasteiger partial charge in [0.15, 0.2) is 0 Å². The highest BCUT2D eigenvalue weighted by Gasteiger charge is 2.36. The molecule has 1 aliphatic heterocycles. The lowest BCUT2D eigenvalue weighted by Gasteiger charge is -2.12. The summed E-state index contributed by atoms with van der Waals surface area (Å²) in [7, 11) is 0. The molecule has 0 spiro atoms. The Morgan fingerprint density at radius 2 is 1.48 bits per heavy atom. The third-order valence-corrected chi connectivity index (χ3v) is 4.89. The molecule has 1 atom stereocenters. The fourth-order valence-corrected chi connectivity index (χ4v) is 3.41. The number of hydrogen-bond acceptors (Lipinski definition) is 4. The van der Waals surface area contributed by atoms with Crippen molar-refractivity contribution in [3.8, 4) is 11.8 Å². The predicted molar refractivity (Wildman–Crippen MR) is 102 cm³/mol. The number of benzene rings is 2. The number of aromatic nitrogens is 3. The largest absolute Gasteiger partial charge is 0.383 e. The van der Waals surface area contributed by atoms with Crippen molar-refractivity contribution in [2.75, 3.05) is 0 Å². The minimum absolute atomic E-state index is 0.0766. The first kappa shape index (κ1) is 17.2. The van der Waals surface area contributed by atoms with Crippen molar-refractivity contribution >= 4 is 29.0 Å². The van der Waals surface area contributed by atoms with Gasteiger partial charge in [0.2, 0.25) is 0 Å². The van der Waals surface area contributed by atoms with E-state index < -0.39 is 17.4 Å². The molecule has 0 bridgehead atoms. The summed E-state index contributed by atoms with van der Waals surface area (Å²) in [4.78, 5) is 26.0. The zero-order chi connectivity index (χ0) is 19.3. The van der Waals surface area contributed by atoms with Crippen molar-refractivity contribution in [3.05, 3.63) is 90.7 Å². The van der Waals surface area contributed by atoms with Crippen LogP contribution in [0.4, 0.5) is 0 Å². The van der Waals surface area contributed by atoms with Crippen molar-refractivity contribution < 1.29 is 0 Å². The van der Waals surface area contributed by atoms with Gasteiger partial charge in [-0.3, -0.25) is 0 Å². The summed E-state index contributed by atoms with van der Waals surface area (Å²) in [6, 6.07) is 14.1. The standard InChI is InChI=1S/C18H11Cl2N5O2/c19-11-3-1-10(2-4-11)15-14(9-21)16(22)25-18(27)23(17(26)24(15)25)13-7-5-12(20)6-8-13/h1-8,15H,22H2. The highest BCUT2D eigenvalue weighted by atomic mass is 35.5. The zero-order valence-electron chi connectivity index (χ0n) is 13.6. The normalized spacial score (nSPS) is 15.7. The van der Waals surface area contributed by atoms with Gasteiger partial charge >= 0.3 is 11.4 Å². The Morgan fingerprint density at radius 3 is 2.04 bits per heavy atom. The van der Waals surface area contributed by atoms with Crippen LogP contribution in [0, 0.1) is 11.3 Å². The first-order valence-corrected chi connectivity index (χ1v) is 8.57. The van der Waals surface area contributed by atoms with E-state index in [0.717, 1.165) is 9.25 Å². The SMILES string of the molecule is N#CC1=C(N)n2c(=O)n(-c3ccc(Cl)cc3)c(=O)n2C1c1ccc(Cl)cc1. The third kappa shape index (κ3) is 2.50. The highest BCUT2D eigenvalue weighted by molar-refractivity contribution is 6.30. The molecule has 2 aromatic carbocycles. The van der Waals surface area contributed by atoms with Crippen molar-refractivity contribution in [1.29, 1.82) is 5.26 Å². The molecule has 4 rings (SSSR count). The summed E-state index contributed by atoms with van der Waals surface area (Å²) in [5.41, 5.74) is 5.85. The number of halogens is 2. The van der Waals surface area contributed by atoms with E-state index in [1.54, 1.807) is 48.5 Å². The number of allylic oxidation sites excluding steroid dienone is 1. The summed E-state index contributed by atoms with van der Waals surface area (Å²) < 4.78 is 3.18. The number of rotatable bonds is 2. The average molecular weight is 400 g/mol. The smallest absolute Gasteiger partial charge is 0.358 e. The average Bonchev–Trinajstić information content (AvgIpc) is 3.09. The molecule has 27 heavy (non-hydrogen) atoms. The quantitative estimate of drug-likeness (QED) is 0.714. The molecule has 3 aromatic rings. The molecule has 2 heterocycles. The van der Waals surface area contributed by atoms with Crippen LogP contribution < -0.4 is 17.1 Å². The van der Waals surface area contributed by atoms with Crippen LogP contribution >= 0.6 is 23.2 Å². The molecule has 134 valence electrons. The van der Waals surface area contributed by atoms with Gasteiger partial charge < -0.3 is 5.73 Å². The van der Waals surface area contributed by atoms with Gasteiger partial charge in [-0.2, -0.15) is 9.94 Å². The van der Waals surface area contributed by atoms with Gasteiger partial charge in [-0.15, -0.1) is 0 Å². The summed E-state index contributed by atoms with van der Waals surface area (Å²) >= 11 is 11.8. The highest BCUT2D eigenvalue weighted by Crippen LogP contribution is 2.32. The van der Waals surface area contributed by atoms with Crippen LogP contribution in [0.25, 0.3) is 11.5 Å². The second kappa shape index (κ2) is 6.20. The Balaban J connectivity index is 2.01. The molecular weight excluding hydrogens is 389 g/mol. The van der Waals surface area contributed by atoms with Gasteiger partial charge in [0.1, 0.15) is 23.5 Å². The minimum atomic E-state index is -0.819. The van der Waals surface area contributed by atoms with Gasteiger partial charge in [-0.25, -0.2) is 18.8 Å². The minimum Gasteiger partial charge on any atom is -0.383 e. The molecule has 9 heteroatoms. The van der Waals surface area contributed by atoms with Gasteiger partial charge in [0, 0.05) is 10.0 Å². The Hall–Kier alpha value is -3.21. The van der Waals surface area contributed by atoms with Crippen molar-refractivity contribution in [3.63, 3.8) is 0 Å².